The van der Waals surface area contributed by atoms with Crippen LogP contribution in [-0.4, -0.2) is 35.3 Å². The van der Waals surface area contributed by atoms with Crippen molar-refractivity contribution in [2.45, 2.75) is 77.3 Å². The topological polar surface area (TPSA) is 61.8 Å². The summed E-state index contributed by atoms with van der Waals surface area (Å²) in [4.78, 5) is 25.7. The molecule has 3 heterocycles. The number of esters is 2. The maximum atomic E-state index is 13.1. The zero-order valence-electron chi connectivity index (χ0n) is 16.4. The molecule has 1 saturated carbocycles. The number of hydrogen-bond acceptors (Lipinski definition) is 5. The molecule has 5 nitrogen and oxygen atoms in total. The van der Waals surface area contributed by atoms with Crippen molar-refractivity contribution in [1.29, 1.82) is 0 Å². The third-order valence-corrected chi connectivity index (χ3v) is 7.09. The second kappa shape index (κ2) is 5.82. The Bertz CT molecular complexity index is 651. The minimum absolute atomic E-state index is 0.0734. The monoisotopic (exact) mass is 362 g/mol. The lowest BCUT2D eigenvalue weighted by Gasteiger charge is -2.37. The van der Waals surface area contributed by atoms with Crippen LogP contribution in [0.25, 0.3) is 0 Å². The van der Waals surface area contributed by atoms with Gasteiger partial charge in [0.05, 0.1) is 6.10 Å². The molecule has 0 amide bonds. The maximum Gasteiger partial charge on any atom is 0.314 e. The van der Waals surface area contributed by atoms with E-state index in [9.17, 15) is 9.59 Å². The van der Waals surface area contributed by atoms with Gasteiger partial charge in [0, 0.05) is 0 Å². The first-order chi connectivity index (χ1) is 12.2. The van der Waals surface area contributed by atoms with Crippen molar-refractivity contribution < 1.29 is 23.8 Å². The predicted molar refractivity (Wildman–Crippen MR) is 95.1 cm³/mol. The summed E-state index contributed by atoms with van der Waals surface area (Å²) < 4.78 is 17.7. The molecule has 0 aromatic rings. The molecule has 3 fully saturated rings. The number of cyclic esters (lactones) is 1. The number of hydrogen-bond donors (Lipinski definition) is 0. The molecule has 0 N–H and O–H groups in total. The van der Waals surface area contributed by atoms with Crippen molar-refractivity contribution in [3.63, 3.8) is 0 Å². The van der Waals surface area contributed by atoms with Gasteiger partial charge in [0.15, 0.2) is 0 Å². The third-order valence-electron chi connectivity index (χ3n) is 7.09. The molecule has 0 aromatic carbocycles. The van der Waals surface area contributed by atoms with Gasteiger partial charge in [-0.1, -0.05) is 33.3 Å². The van der Waals surface area contributed by atoms with Crippen LogP contribution in [0.4, 0.5) is 0 Å². The Kier molecular flexibility index (Phi) is 4.03. The van der Waals surface area contributed by atoms with Crippen molar-refractivity contribution in [2.24, 2.45) is 29.6 Å². The summed E-state index contributed by atoms with van der Waals surface area (Å²) in [6.45, 7) is 10.3. The van der Waals surface area contributed by atoms with E-state index in [-0.39, 0.29) is 18.0 Å². The standard InChI is InChI=1S/C21H30O5/c1-11(2)13-7-6-12(3)10-15(13)24-18(22)16-14-8-9-21(25-14)17(16)19(23)26-20(21,4)5/h8-9,11-17H,6-7,10H2,1-5H3/t12-,13+,14-,15-,16+,17+,21+/m0/s1. The first-order valence-electron chi connectivity index (χ1n) is 9.97. The van der Waals surface area contributed by atoms with E-state index in [1.165, 1.54) is 6.42 Å². The smallest absolute Gasteiger partial charge is 0.314 e. The summed E-state index contributed by atoms with van der Waals surface area (Å²) in [6, 6.07) is 0. The van der Waals surface area contributed by atoms with Gasteiger partial charge in [-0.25, -0.2) is 0 Å². The highest BCUT2D eigenvalue weighted by Gasteiger charge is 2.74. The molecule has 4 rings (SSSR count). The molecule has 3 aliphatic heterocycles. The van der Waals surface area contributed by atoms with E-state index in [2.05, 4.69) is 20.8 Å². The predicted octanol–water partition coefficient (Wildman–Crippen LogP) is 3.27. The first-order valence-corrected chi connectivity index (χ1v) is 9.97. The number of carbonyl (C=O) groups is 2. The van der Waals surface area contributed by atoms with Gasteiger partial charge in [-0.2, -0.15) is 0 Å². The zero-order chi connectivity index (χ0) is 18.9. The zero-order valence-corrected chi connectivity index (χ0v) is 16.4. The normalized spacial score (nSPS) is 45.7. The maximum absolute atomic E-state index is 13.1. The molecule has 0 aromatic heterocycles. The molecule has 1 aliphatic carbocycles. The average Bonchev–Trinajstić information content (AvgIpc) is 3.16. The van der Waals surface area contributed by atoms with Gasteiger partial charge in [-0.15, -0.1) is 0 Å². The molecule has 0 radical (unpaired) electrons. The number of rotatable bonds is 3. The molecular formula is C21H30O5. The van der Waals surface area contributed by atoms with Gasteiger partial charge in [0.25, 0.3) is 0 Å². The van der Waals surface area contributed by atoms with E-state index >= 15 is 0 Å². The van der Waals surface area contributed by atoms with Crippen molar-refractivity contribution in [3.8, 4) is 0 Å². The van der Waals surface area contributed by atoms with Gasteiger partial charge in [0.2, 0.25) is 0 Å². The Morgan fingerprint density at radius 3 is 2.73 bits per heavy atom. The van der Waals surface area contributed by atoms with E-state index in [0.717, 1.165) is 12.8 Å². The molecule has 0 unspecified atom stereocenters. The lowest BCUT2D eigenvalue weighted by Crippen LogP contribution is -2.48. The summed E-state index contributed by atoms with van der Waals surface area (Å²) in [5.41, 5.74) is -1.61. The largest absolute Gasteiger partial charge is 0.462 e. The highest BCUT2D eigenvalue weighted by atomic mass is 16.6. The minimum atomic E-state index is -0.838. The lowest BCUT2D eigenvalue weighted by atomic mass is 9.71. The molecular weight excluding hydrogens is 332 g/mol. The average molecular weight is 362 g/mol. The highest BCUT2D eigenvalue weighted by molar-refractivity contribution is 5.88. The first kappa shape index (κ1) is 18.0. The van der Waals surface area contributed by atoms with Gasteiger partial charge < -0.3 is 14.2 Å². The molecule has 1 spiro atoms. The van der Waals surface area contributed by atoms with E-state index in [1.807, 2.05) is 26.0 Å². The molecule has 5 heteroatoms. The van der Waals surface area contributed by atoms with Crippen LogP contribution >= 0.6 is 0 Å². The van der Waals surface area contributed by atoms with E-state index in [0.29, 0.717) is 17.8 Å². The number of fused-ring (bicyclic) bond motifs is 1. The Morgan fingerprint density at radius 1 is 1.31 bits per heavy atom. The van der Waals surface area contributed by atoms with Crippen molar-refractivity contribution >= 4 is 11.9 Å². The fourth-order valence-corrected chi connectivity index (χ4v) is 5.55. The quantitative estimate of drug-likeness (QED) is 0.570. The van der Waals surface area contributed by atoms with Gasteiger partial charge >= 0.3 is 11.9 Å². The van der Waals surface area contributed by atoms with E-state index in [4.69, 9.17) is 14.2 Å². The number of carbonyl (C=O) groups excluding carboxylic acids is 2. The van der Waals surface area contributed by atoms with Crippen LogP contribution in [0, 0.1) is 29.6 Å². The second-order valence-corrected chi connectivity index (χ2v) is 9.47. The molecule has 4 aliphatic rings. The summed E-state index contributed by atoms with van der Waals surface area (Å²) in [5.74, 6) is -0.435. The summed E-state index contributed by atoms with van der Waals surface area (Å²) in [6.07, 6.45) is 6.51. The van der Waals surface area contributed by atoms with Crippen LogP contribution in [-0.2, 0) is 23.8 Å². The Balaban J connectivity index is 1.56. The Labute approximate surface area is 155 Å². The fourth-order valence-electron chi connectivity index (χ4n) is 5.55. The van der Waals surface area contributed by atoms with Crippen molar-refractivity contribution in [1.82, 2.24) is 0 Å². The molecule has 2 bridgehead atoms. The van der Waals surface area contributed by atoms with E-state index < -0.39 is 29.1 Å². The molecule has 2 saturated heterocycles. The van der Waals surface area contributed by atoms with Crippen molar-refractivity contribution in [2.75, 3.05) is 0 Å². The second-order valence-electron chi connectivity index (χ2n) is 9.47. The lowest BCUT2D eigenvalue weighted by molar-refractivity contribution is -0.169. The molecule has 7 atom stereocenters. The van der Waals surface area contributed by atoms with Crippen LogP contribution in [0.2, 0.25) is 0 Å². The van der Waals surface area contributed by atoms with Crippen LogP contribution in [0.15, 0.2) is 12.2 Å². The Morgan fingerprint density at radius 2 is 2.04 bits per heavy atom. The number of ether oxygens (including phenoxy) is 3. The summed E-state index contributed by atoms with van der Waals surface area (Å²) in [7, 11) is 0. The SMILES string of the molecule is CC(C)[C@H]1CC[C@H](C)C[C@@H]1OC(=O)[C@@H]1[C@@H]2C=C[C@@]3(O2)[C@H]1C(=O)OC3(C)C. The summed E-state index contributed by atoms with van der Waals surface area (Å²) in [5, 5.41) is 0. The van der Waals surface area contributed by atoms with Crippen LogP contribution < -0.4 is 0 Å². The Hall–Kier alpha value is -1.36. The minimum Gasteiger partial charge on any atom is -0.462 e. The highest BCUT2D eigenvalue weighted by Crippen LogP contribution is 2.58. The molecule has 144 valence electrons. The van der Waals surface area contributed by atoms with Gasteiger partial charge in [-0.05, 0) is 50.5 Å². The van der Waals surface area contributed by atoms with Gasteiger partial charge in [-0.3, -0.25) is 9.59 Å². The van der Waals surface area contributed by atoms with E-state index in [1.54, 1.807) is 0 Å². The third kappa shape index (κ3) is 2.39. The fraction of sp³-hybridized carbons (Fsp3) is 0.810. The molecule has 26 heavy (non-hydrogen) atoms. The summed E-state index contributed by atoms with van der Waals surface area (Å²) >= 11 is 0. The van der Waals surface area contributed by atoms with Crippen LogP contribution in [0.1, 0.15) is 53.9 Å². The van der Waals surface area contributed by atoms with Crippen LogP contribution in [0.3, 0.4) is 0 Å². The van der Waals surface area contributed by atoms with Crippen molar-refractivity contribution in [3.05, 3.63) is 12.2 Å². The van der Waals surface area contributed by atoms with Crippen LogP contribution in [0.5, 0.6) is 0 Å². The van der Waals surface area contributed by atoms with Gasteiger partial charge in [0.1, 0.15) is 29.1 Å².